The van der Waals surface area contributed by atoms with Crippen LogP contribution in [0, 0.1) is 11.6 Å². The van der Waals surface area contributed by atoms with Gasteiger partial charge in [0.2, 0.25) is 0 Å². The molecule has 8 nitrogen and oxygen atoms in total. The number of aliphatic hydroxyl groups is 1. The summed E-state index contributed by atoms with van der Waals surface area (Å²) in [7, 11) is 0. The van der Waals surface area contributed by atoms with E-state index in [1.165, 1.54) is 27.9 Å². The second kappa shape index (κ2) is 7.77. The lowest BCUT2D eigenvalue weighted by Gasteiger charge is -2.26. The molecule has 2 atom stereocenters. The van der Waals surface area contributed by atoms with Gasteiger partial charge in [0.05, 0.1) is 19.7 Å². The minimum atomic E-state index is -2.72. The van der Waals surface area contributed by atoms with Crippen molar-refractivity contribution < 1.29 is 25.5 Å². The van der Waals surface area contributed by atoms with Crippen LogP contribution in [0.15, 0.2) is 36.7 Å². The normalized spacial score (nSPS) is 29.3. The van der Waals surface area contributed by atoms with Crippen LogP contribution in [0.25, 0.3) is 5.65 Å². The van der Waals surface area contributed by atoms with E-state index in [1.807, 2.05) is 0 Å². The quantitative estimate of drug-likeness (QED) is 0.663. The first-order chi connectivity index (χ1) is 16.8. The van der Waals surface area contributed by atoms with Gasteiger partial charge in [-0.15, -0.1) is 0 Å². The molecule has 3 aromatic rings. The number of hydrogen-bond acceptors (Lipinski definition) is 5. The first-order valence-corrected chi connectivity index (χ1v) is 9.68. The number of carbonyl (C=O) groups is 1. The molecule has 2 aromatic heterocycles. The molecule has 0 unspecified atom stereocenters. The molecule has 31 heavy (non-hydrogen) atoms. The zero-order valence-electron chi connectivity index (χ0n) is 21.2. The lowest BCUT2D eigenvalue weighted by atomic mass is 10.0. The van der Waals surface area contributed by atoms with Crippen molar-refractivity contribution in [2.75, 3.05) is 29.8 Å². The van der Waals surface area contributed by atoms with Gasteiger partial charge in [0.1, 0.15) is 23.1 Å². The van der Waals surface area contributed by atoms with Crippen LogP contribution in [0.5, 0.6) is 0 Å². The van der Waals surface area contributed by atoms with Crippen LogP contribution in [-0.4, -0.2) is 56.3 Å². The van der Waals surface area contributed by atoms with Gasteiger partial charge in [0, 0.05) is 36.8 Å². The van der Waals surface area contributed by atoms with Gasteiger partial charge in [-0.1, -0.05) is 0 Å². The highest BCUT2D eigenvalue weighted by atomic mass is 19.1. The molecule has 2 N–H and O–H groups in total. The standard InChI is InChI=1S/C21H22F2N6O2/c22-13-3-4-16(23)15(10-13)18-2-1-7-28(18)19-6-9-29-20(26-19)17(11-24-29)25-21(31)27-8-5-14(30)12-27/h3-4,6,9-11,14,18,30H,1-2,5,7-8,12H2,(H,25,31)/t14-,18-/m0/s1/i2D2,7D2,18D. The summed E-state index contributed by atoms with van der Waals surface area (Å²) in [6.07, 6.45) is -0.948. The number of urea groups is 1. The average molecular weight is 433 g/mol. The molecule has 0 saturated carbocycles. The average Bonchev–Trinajstić information content (AvgIpc) is 3.43. The number of nitrogens with zero attached hydrogens (tertiary/aromatic N) is 5. The number of benzene rings is 1. The number of aliphatic hydroxyl groups excluding tert-OH is 1. The Morgan fingerprint density at radius 2 is 2.23 bits per heavy atom. The van der Waals surface area contributed by atoms with E-state index in [4.69, 9.17) is 6.85 Å². The highest BCUT2D eigenvalue weighted by Gasteiger charge is 2.30. The topological polar surface area (TPSA) is 86.0 Å². The van der Waals surface area contributed by atoms with E-state index in [9.17, 15) is 18.7 Å². The van der Waals surface area contributed by atoms with Crippen LogP contribution in [0.1, 0.15) is 37.6 Å². The molecule has 4 heterocycles. The molecule has 162 valence electrons. The molecule has 0 bridgehead atoms. The zero-order valence-corrected chi connectivity index (χ0v) is 16.2. The third-order valence-corrected chi connectivity index (χ3v) is 5.18. The van der Waals surface area contributed by atoms with Crippen molar-refractivity contribution in [3.05, 3.63) is 53.9 Å². The number of likely N-dealkylation sites (tertiary alicyclic amines) is 1. The van der Waals surface area contributed by atoms with Gasteiger partial charge >= 0.3 is 6.03 Å². The maximum absolute atomic E-state index is 14.8. The van der Waals surface area contributed by atoms with Gasteiger partial charge in [-0.05, 0) is 43.5 Å². The van der Waals surface area contributed by atoms with Crippen LogP contribution in [0.3, 0.4) is 0 Å². The molecule has 1 aromatic carbocycles. The minimum Gasteiger partial charge on any atom is -0.391 e. The molecular weight excluding hydrogens is 406 g/mol. The van der Waals surface area contributed by atoms with Crippen LogP contribution < -0.4 is 10.2 Å². The SMILES string of the molecule is [2H]C1([2H])CC([2H])([2H])[C@@]([2H])(c2cc(F)ccc2F)N1c1ccn2ncc(NC(=O)N3CC[C@H](O)C3)c2n1. The Morgan fingerprint density at radius 3 is 3.03 bits per heavy atom. The Kier molecular flexibility index (Phi) is 3.68. The fourth-order valence-electron chi connectivity index (χ4n) is 3.64. The van der Waals surface area contributed by atoms with Crippen molar-refractivity contribution >= 4 is 23.2 Å². The summed E-state index contributed by atoms with van der Waals surface area (Å²) in [5.74, 6) is -2.21. The number of rotatable bonds is 3. The Morgan fingerprint density at radius 1 is 1.35 bits per heavy atom. The van der Waals surface area contributed by atoms with Crippen LogP contribution in [0.2, 0.25) is 0 Å². The predicted molar refractivity (Wildman–Crippen MR) is 110 cm³/mol. The summed E-state index contributed by atoms with van der Waals surface area (Å²) in [5, 5.41) is 16.4. The van der Waals surface area contributed by atoms with Gasteiger partial charge in [-0.2, -0.15) is 5.10 Å². The van der Waals surface area contributed by atoms with Crippen molar-refractivity contribution in [2.45, 2.75) is 31.3 Å². The maximum Gasteiger partial charge on any atom is 0.322 e. The maximum atomic E-state index is 14.8. The van der Waals surface area contributed by atoms with Crippen LogP contribution in [0.4, 0.5) is 25.1 Å². The van der Waals surface area contributed by atoms with Crippen molar-refractivity contribution in [1.29, 1.82) is 0 Å². The van der Waals surface area contributed by atoms with Crippen LogP contribution >= 0.6 is 0 Å². The second-order valence-corrected chi connectivity index (χ2v) is 7.25. The lowest BCUT2D eigenvalue weighted by molar-refractivity contribution is 0.176. The van der Waals surface area contributed by atoms with E-state index in [0.717, 1.165) is 12.1 Å². The zero-order chi connectivity index (χ0) is 26.0. The first-order valence-electron chi connectivity index (χ1n) is 12.2. The second-order valence-electron chi connectivity index (χ2n) is 7.25. The number of nitrogens with one attached hydrogen (secondary N) is 1. The minimum absolute atomic E-state index is 0.0610. The van der Waals surface area contributed by atoms with Crippen molar-refractivity contribution in [2.24, 2.45) is 0 Å². The smallest absolute Gasteiger partial charge is 0.322 e. The van der Waals surface area contributed by atoms with E-state index in [2.05, 4.69) is 15.4 Å². The van der Waals surface area contributed by atoms with Crippen molar-refractivity contribution in [3.8, 4) is 0 Å². The van der Waals surface area contributed by atoms with E-state index in [0.29, 0.717) is 23.9 Å². The van der Waals surface area contributed by atoms with Gasteiger partial charge in [0.25, 0.3) is 0 Å². The summed E-state index contributed by atoms with van der Waals surface area (Å²) in [4.78, 5) is 19.0. The summed E-state index contributed by atoms with van der Waals surface area (Å²) in [6, 6.07) is 0.335. The molecule has 0 radical (unpaired) electrons. The summed E-state index contributed by atoms with van der Waals surface area (Å²) < 4.78 is 73.1. The molecular formula is C21H22F2N6O2. The molecule has 5 rings (SSSR count). The van der Waals surface area contributed by atoms with E-state index >= 15 is 0 Å². The number of aromatic nitrogens is 3. The Labute approximate surface area is 184 Å². The molecule has 2 fully saturated rings. The highest BCUT2D eigenvalue weighted by molar-refractivity contribution is 5.93. The molecule has 2 aliphatic rings. The molecule has 2 aliphatic heterocycles. The van der Waals surface area contributed by atoms with Gasteiger partial charge < -0.3 is 20.2 Å². The van der Waals surface area contributed by atoms with Crippen LogP contribution in [-0.2, 0) is 0 Å². The largest absolute Gasteiger partial charge is 0.391 e. The molecule has 2 saturated heterocycles. The molecule has 0 spiro atoms. The monoisotopic (exact) mass is 433 g/mol. The van der Waals surface area contributed by atoms with Gasteiger partial charge in [0.15, 0.2) is 5.65 Å². The van der Waals surface area contributed by atoms with Gasteiger partial charge in [-0.3, -0.25) is 0 Å². The number of hydrogen-bond donors (Lipinski definition) is 2. The Hall–Kier alpha value is -3.27. The summed E-state index contributed by atoms with van der Waals surface area (Å²) >= 11 is 0. The fraction of sp³-hybridized carbons (Fsp3) is 0.381. The predicted octanol–water partition coefficient (Wildman–Crippen LogP) is 2.95. The molecule has 2 amide bonds. The third-order valence-electron chi connectivity index (χ3n) is 5.18. The summed E-state index contributed by atoms with van der Waals surface area (Å²) in [6.45, 7) is -1.99. The van der Waals surface area contributed by atoms with E-state index < -0.39 is 54.6 Å². The fourth-order valence-corrected chi connectivity index (χ4v) is 3.64. The van der Waals surface area contributed by atoms with E-state index in [-0.39, 0.29) is 23.7 Å². The first kappa shape index (κ1) is 14.7. The lowest BCUT2D eigenvalue weighted by Crippen LogP contribution is -2.33. The number of halogens is 2. The van der Waals surface area contributed by atoms with E-state index in [1.54, 1.807) is 0 Å². The van der Waals surface area contributed by atoms with Crippen molar-refractivity contribution in [1.82, 2.24) is 19.5 Å². The molecule has 0 aliphatic carbocycles. The summed E-state index contributed by atoms with van der Waals surface area (Å²) in [5.41, 5.74) is -0.463. The number of anilines is 2. The Balaban J connectivity index is 1.60. The Bertz CT molecular complexity index is 1360. The molecule has 10 heteroatoms. The number of fused-ring (bicyclic) bond motifs is 1. The highest BCUT2D eigenvalue weighted by Crippen LogP contribution is 2.37. The third kappa shape index (κ3) is 3.67. The number of β-amino-alcohol motifs (C(OH)–C–C–N with tert-alkyl or cyclic N) is 1. The number of amides is 2. The number of carbonyl (C=O) groups excluding carboxylic acids is 1. The van der Waals surface area contributed by atoms with Crippen molar-refractivity contribution in [3.63, 3.8) is 0 Å². The van der Waals surface area contributed by atoms with Gasteiger partial charge in [-0.25, -0.2) is 23.1 Å².